The minimum Gasteiger partial charge on any atom is -0.334 e. The van der Waals surface area contributed by atoms with Gasteiger partial charge in [-0.3, -0.25) is 4.79 Å². The Morgan fingerprint density at radius 2 is 2.07 bits per heavy atom. The van der Waals surface area contributed by atoms with Gasteiger partial charge in [0.05, 0.1) is 16.9 Å². The van der Waals surface area contributed by atoms with E-state index in [4.69, 9.17) is 16.6 Å². The van der Waals surface area contributed by atoms with Crippen molar-refractivity contribution in [3.8, 4) is 11.3 Å². The Kier molecular flexibility index (Phi) is 4.18. The Hall–Kier alpha value is -2.70. The number of aromatic nitrogens is 3. The van der Waals surface area contributed by atoms with Crippen molar-refractivity contribution < 1.29 is 4.79 Å². The van der Waals surface area contributed by atoms with Crippen LogP contribution < -0.4 is 0 Å². The molecule has 4 heterocycles. The van der Waals surface area contributed by atoms with Crippen LogP contribution in [-0.4, -0.2) is 31.7 Å². The molecule has 150 valence electrons. The van der Waals surface area contributed by atoms with Gasteiger partial charge in [0, 0.05) is 64.9 Å². The number of pyridine rings is 1. The van der Waals surface area contributed by atoms with E-state index in [-0.39, 0.29) is 5.91 Å². The van der Waals surface area contributed by atoms with E-state index < -0.39 is 0 Å². The Labute approximate surface area is 183 Å². The third-order valence-electron chi connectivity index (χ3n) is 6.03. The average molecular weight is 435 g/mol. The topological polar surface area (TPSA) is 50.5 Å². The maximum absolute atomic E-state index is 13.1. The van der Waals surface area contributed by atoms with Gasteiger partial charge in [-0.15, -0.1) is 11.3 Å². The highest BCUT2D eigenvalue weighted by atomic mass is 35.5. The molecule has 2 aliphatic rings. The van der Waals surface area contributed by atoms with Crippen molar-refractivity contribution in [1.82, 2.24) is 19.3 Å². The molecule has 1 aromatic carbocycles. The minimum atomic E-state index is 0.0989. The van der Waals surface area contributed by atoms with Crippen LogP contribution in [-0.2, 0) is 13.0 Å². The second kappa shape index (κ2) is 6.93. The molecule has 0 spiro atoms. The van der Waals surface area contributed by atoms with Crippen molar-refractivity contribution in [3.63, 3.8) is 0 Å². The Morgan fingerprint density at radius 1 is 1.20 bits per heavy atom. The molecule has 0 atom stereocenters. The van der Waals surface area contributed by atoms with E-state index in [2.05, 4.69) is 15.5 Å². The number of imidazole rings is 1. The molecular formula is C23H19ClN4OS. The summed E-state index contributed by atoms with van der Waals surface area (Å²) in [6.07, 6.45) is 5.17. The van der Waals surface area contributed by atoms with Gasteiger partial charge in [0.15, 0.2) is 0 Å². The van der Waals surface area contributed by atoms with E-state index in [1.54, 1.807) is 11.3 Å². The maximum atomic E-state index is 13.1. The lowest BCUT2D eigenvalue weighted by molar-refractivity contribution is 0.0780. The number of nitrogens with zero attached hydrogens (tertiary/aromatic N) is 4. The molecule has 0 N–H and O–H groups in total. The summed E-state index contributed by atoms with van der Waals surface area (Å²) in [4.78, 5) is 24.3. The zero-order valence-corrected chi connectivity index (χ0v) is 17.8. The molecule has 1 fully saturated rings. The molecule has 3 aromatic heterocycles. The maximum Gasteiger partial charge on any atom is 0.254 e. The lowest BCUT2D eigenvalue weighted by Crippen LogP contribution is -2.26. The molecule has 5 nitrogen and oxygen atoms in total. The second-order valence-electron chi connectivity index (χ2n) is 7.97. The number of rotatable bonds is 5. The number of fused-ring (bicyclic) bond motifs is 2. The van der Waals surface area contributed by atoms with Gasteiger partial charge in [0.25, 0.3) is 5.91 Å². The highest BCUT2D eigenvalue weighted by molar-refractivity contribution is 7.07. The number of hydrogen-bond acceptors (Lipinski definition) is 4. The molecule has 1 aliphatic carbocycles. The van der Waals surface area contributed by atoms with Crippen LogP contribution in [0.15, 0.2) is 47.4 Å². The van der Waals surface area contributed by atoms with Gasteiger partial charge in [-0.1, -0.05) is 23.7 Å². The average Bonchev–Trinajstić information content (AvgIpc) is 3.18. The number of thiazole rings is 1. The largest absolute Gasteiger partial charge is 0.334 e. The van der Waals surface area contributed by atoms with Gasteiger partial charge in [-0.25, -0.2) is 9.97 Å². The molecule has 6 rings (SSSR count). The minimum absolute atomic E-state index is 0.0989. The van der Waals surface area contributed by atoms with Crippen LogP contribution in [0.3, 0.4) is 0 Å². The summed E-state index contributed by atoms with van der Waals surface area (Å²) < 4.78 is 2.17. The first-order valence-corrected chi connectivity index (χ1v) is 11.5. The molecule has 30 heavy (non-hydrogen) atoms. The van der Waals surface area contributed by atoms with Crippen molar-refractivity contribution >= 4 is 34.5 Å². The summed E-state index contributed by atoms with van der Waals surface area (Å²) in [5, 5.41) is 2.73. The molecule has 0 saturated heterocycles. The Morgan fingerprint density at radius 3 is 2.87 bits per heavy atom. The van der Waals surface area contributed by atoms with Crippen LogP contribution in [0.25, 0.3) is 16.9 Å². The molecule has 0 unspecified atom stereocenters. The Balaban J connectivity index is 1.28. The van der Waals surface area contributed by atoms with Gasteiger partial charge < -0.3 is 9.30 Å². The van der Waals surface area contributed by atoms with Gasteiger partial charge >= 0.3 is 0 Å². The number of amides is 1. The first-order chi connectivity index (χ1) is 14.7. The van der Waals surface area contributed by atoms with Gasteiger partial charge in [0.2, 0.25) is 0 Å². The summed E-state index contributed by atoms with van der Waals surface area (Å²) in [5.74, 6) is 0.667. The van der Waals surface area contributed by atoms with Crippen molar-refractivity contribution in [2.75, 3.05) is 6.54 Å². The molecule has 7 heteroatoms. The standard InChI is InChI=1S/C23H19ClN4OS/c24-15-6-9-28-21(10-15)26-19(22(28)14-4-5-14)7-8-27-11-18-16(20-12-30-13-25-20)2-1-3-17(18)23(27)29/h1-3,6,9-10,12-14H,4-5,7-8,11H2. The van der Waals surface area contributed by atoms with Gasteiger partial charge in [0.1, 0.15) is 5.65 Å². The van der Waals surface area contributed by atoms with Gasteiger partial charge in [-0.05, 0) is 30.5 Å². The van der Waals surface area contributed by atoms with E-state index in [1.165, 1.54) is 18.5 Å². The van der Waals surface area contributed by atoms with Crippen LogP contribution in [0.2, 0.25) is 5.02 Å². The molecule has 4 aromatic rings. The van der Waals surface area contributed by atoms with Crippen LogP contribution in [0.1, 0.15) is 46.1 Å². The van der Waals surface area contributed by atoms with Crippen LogP contribution in [0.4, 0.5) is 0 Å². The molecule has 0 radical (unpaired) electrons. The quantitative estimate of drug-likeness (QED) is 0.434. The monoisotopic (exact) mass is 434 g/mol. The number of hydrogen-bond donors (Lipinski definition) is 0. The van der Waals surface area contributed by atoms with Crippen LogP contribution >= 0.6 is 22.9 Å². The predicted molar refractivity (Wildman–Crippen MR) is 118 cm³/mol. The predicted octanol–water partition coefficient (Wildman–Crippen LogP) is 5.19. The zero-order valence-electron chi connectivity index (χ0n) is 16.2. The van der Waals surface area contributed by atoms with Crippen molar-refractivity contribution in [2.24, 2.45) is 0 Å². The van der Waals surface area contributed by atoms with Crippen molar-refractivity contribution in [2.45, 2.75) is 31.7 Å². The van der Waals surface area contributed by atoms with Gasteiger partial charge in [-0.2, -0.15) is 0 Å². The Bertz CT molecular complexity index is 1280. The van der Waals surface area contributed by atoms with E-state index >= 15 is 0 Å². The molecule has 1 amide bonds. The highest BCUT2D eigenvalue weighted by Gasteiger charge is 2.32. The van der Waals surface area contributed by atoms with E-state index in [9.17, 15) is 4.79 Å². The number of carbonyl (C=O) groups is 1. The fourth-order valence-corrected chi connectivity index (χ4v) is 5.16. The lowest BCUT2D eigenvalue weighted by Gasteiger charge is -2.15. The van der Waals surface area contributed by atoms with Crippen molar-refractivity contribution in [3.05, 3.63) is 75.0 Å². The summed E-state index contributed by atoms with van der Waals surface area (Å²) in [7, 11) is 0. The summed E-state index contributed by atoms with van der Waals surface area (Å²) in [5.41, 5.74) is 8.98. The number of benzene rings is 1. The summed E-state index contributed by atoms with van der Waals surface area (Å²) in [6, 6.07) is 9.75. The summed E-state index contributed by atoms with van der Waals surface area (Å²) >= 11 is 7.75. The number of carbonyl (C=O) groups excluding carboxylic acids is 1. The van der Waals surface area contributed by atoms with Crippen LogP contribution in [0.5, 0.6) is 0 Å². The molecule has 1 aliphatic heterocycles. The third kappa shape index (κ3) is 2.94. The normalized spacial score (nSPS) is 15.9. The highest BCUT2D eigenvalue weighted by Crippen LogP contribution is 2.42. The number of halogens is 1. The zero-order chi connectivity index (χ0) is 20.2. The first-order valence-electron chi connectivity index (χ1n) is 10.1. The molecule has 1 saturated carbocycles. The second-order valence-corrected chi connectivity index (χ2v) is 9.13. The smallest absolute Gasteiger partial charge is 0.254 e. The first kappa shape index (κ1) is 18.1. The summed E-state index contributed by atoms with van der Waals surface area (Å²) in [6.45, 7) is 1.28. The fourth-order valence-electron chi connectivity index (χ4n) is 4.46. The van der Waals surface area contributed by atoms with E-state index in [0.29, 0.717) is 24.0 Å². The molecule has 0 bridgehead atoms. The lowest BCUT2D eigenvalue weighted by atomic mass is 10.0. The van der Waals surface area contributed by atoms with E-state index in [1.807, 2.05) is 46.3 Å². The van der Waals surface area contributed by atoms with Crippen LogP contribution in [0, 0.1) is 0 Å². The van der Waals surface area contributed by atoms with E-state index in [0.717, 1.165) is 40.1 Å². The fraction of sp³-hybridized carbons (Fsp3) is 0.261. The SMILES string of the molecule is O=C1c2cccc(-c3cscn3)c2CN1CCc1nc2cc(Cl)ccn2c1C1CC1. The third-order valence-corrected chi connectivity index (χ3v) is 6.86. The molecular weight excluding hydrogens is 416 g/mol. The van der Waals surface area contributed by atoms with Crippen molar-refractivity contribution in [1.29, 1.82) is 0 Å².